The van der Waals surface area contributed by atoms with Crippen LogP contribution in [-0.2, 0) is 28.8 Å². The molecule has 166 valence electrons. The molecular formula is C25H25ClN2O4. The maximum atomic E-state index is 12.1. The van der Waals surface area contributed by atoms with Gasteiger partial charge in [0, 0.05) is 18.4 Å². The number of ether oxygens (including phenoxy) is 1. The minimum Gasteiger partial charge on any atom is -0.481 e. The number of unbranched alkanes of at least 4 members (excludes halogenated alkanes) is 1. The van der Waals surface area contributed by atoms with Crippen molar-refractivity contribution in [1.82, 2.24) is 9.97 Å². The molecule has 0 spiro atoms. The average Bonchev–Trinajstić information content (AvgIpc) is 2.79. The summed E-state index contributed by atoms with van der Waals surface area (Å²) in [4.78, 5) is 32.4. The number of hydrogen-bond donors (Lipinski definition) is 1. The summed E-state index contributed by atoms with van der Waals surface area (Å²) in [6.45, 7) is 2.08. The number of methoxy groups -OCH3 is 1. The van der Waals surface area contributed by atoms with E-state index in [0.717, 1.165) is 29.5 Å². The van der Waals surface area contributed by atoms with Gasteiger partial charge >= 0.3 is 11.9 Å². The van der Waals surface area contributed by atoms with E-state index in [4.69, 9.17) is 16.3 Å². The molecule has 0 saturated heterocycles. The topological polar surface area (TPSA) is 89.4 Å². The standard InChI is InChI=1S/C25H25ClN2O4/c1-3-4-9-22-27-21(20(15-23(29)30)24(26)28-22)14-16-10-12-17(13-11-16)18-7-5-6-8-19(18)25(31)32-2/h5-8,10-13H,3-4,9,14-15H2,1-2H3,(H,29,30). The summed E-state index contributed by atoms with van der Waals surface area (Å²) in [6, 6.07) is 15.0. The number of nitrogens with zero attached hydrogens (tertiary/aromatic N) is 2. The molecule has 0 aliphatic heterocycles. The van der Waals surface area contributed by atoms with Gasteiger partial charge in [-0.25, -0.2) is 14.8 Å². The van der Waals surface area contributed by atoms with Crippen molar-refractivity contribution in [2.75, 3.05) is 7.11 Å². The van der Waals surface area contributed by atoms with Crippen molar-refractivity contribution < 1.29 is 19.4 Å². The fourth-order valence-corrected chi connectivity index (χ4v) is 3.76. The van der Waals surface area contributed by atoms with Gasteiger partial charge in [0.15, 0.2) is 0 Å². The number of carbonyl (C=O) groups excluding carboxylic acids is 1. The lowest BCUT2D eigenvalue weighted by Crippen LogP contribution is -2.11. The van der Waals surface area contributed by atoms with Crippen molar-refractivity contribution in [3.63, 3.8) is 0 Å². The Kier molecular flexibility index (Phi) is 7.95. The van der Waals surface area contributed by atoms with Crippen molar-refractivity contribution in [3.8, 4) is 11.1 Å². The second-order valence-electron chi connectivity index (χ2n) is 7.44. The number of carboxylic acid groups (broad SMARTS) is 1. The first kappa shape index (κ1) is 23.4. The van der Waals surface area contributed by atoms with Crippen LogP contribution in [0.15, 0.2) is 48.5 Å². The first-order chi connectivity index (χ1) is 15.4. The minimum atomic E-state index is -0.979. The number of halogens is 1. The van der Waals surface area contributed by atoms with Crippen LogP contribution in [0.2, 0.25) is 5.15 Å². The average molecular weight is 453 g/mol. The Labute approximate surface area is 192 Å². The summed E-state index contributed by atoms with van der Waals surface area (Å²) in [6.07, 6.45) is 2.83. The van der Waals surface area contributed by atoms with Crippen LogP contribution in [0.5, 0.6) is 0 Å². The van der Waals surface area contributed by atoms with Crippen LogP contribution in [-0.4, -0.2) is 34.1 Å². The molecule has 2 aromatic carbocycles. The van der Waals surface area contributed by atoms with Crippen LogP contribution in [0.3, 0.4) is 0 Å². The molecule has 0 aliphatic carbocycles. The Morgan fingerprint density at radius 2 is 1.78 bits per heavy atom. The molecule has 7 heteroatoms. The molecule has 6 nitrogen and oxygen atoms in total. The number of aliphatic carboxylic acids is 1. The van der Waals surface area contributed by atoms with E-state index in [0.29, 0.717) is 35.5 Å². The Morgan fingerprint density at radius 1 is 1.06 bits per heavy atom. The van der Waals surface area contributed by atoms with E-state index in [9.17, 15) is 14.7 Å². The van der Waals surface area contributed by atoms with E-state index in [1.54, 1.807) is 12.1 Å². The lowest BCUT2D eigenvalue weighted by Gasteiger charge is -2.12. The molecule has 0 saturated carbocycles. The molecule has 1 aromatic heterocycles. The first-order valence-corrected chi connectivity index (χ1v) is 10.8. The van der Waals surface area contributed by atoms with E-state index < -0.39 is 11.9 Å². The van der Waals surface area contributed by atoms with E-state index in [2.05, 4.69) is 16.9 Å². The molecule has 0 radical (unpaired) electrons. The quantitative estimate of drug-likeness (QED) is 0.357. The van der Waals surface area contributed by atoms with Crippen molar-refractivity contribution in [2.24, 2.45) is 0 Å². The van der Waals surface area contributed by atoms with Gasteiger partial charge in [-0.2, -0.15) is 0 Å². The first-order valence-electron chi connectivity index (χ1n) is 10.5. The summed E-state index contributed by atoms with van der Waals surface area (Å²) in [5.74, 6) is -0.740. The van der Waals surface area contributed by atoms with Gasteiger partial charge in [-0.3, -0.25) is 4.79 Å². The minimum absolute atomic E-state index is 0.201. The maximum Gasteiger partial charge on any atom is 0.338 e. The number of aromatic nitrogens is 2. The van der Waals surface area contributed by atoms with E-state index >= 15 is 0 Å². The van der Waals surface area contributed by atoms with E-state index in [1.807, 2.05) is 36.4 Å². The molecule has 3 aromatic rings. The predicted molar refractivity (Wildman–Crippen MR) is 123 cm³/mol. The summed E-state index contributed by atoms with van der Waals surface area (Å²) in [5, 5.41) is 9.50. The number of carbonyl (C=O) groups is 2. The molecule has 32 heavy (non-hydrogen) atoms. The van der Waals surface area contributed by atoms with Gasteiger partial charge in [0.2, 0.25) is 0 Å². The predicted octanol–water partition coefficient (Wildman–Crippen LogP) is 5.14. The number of hydrogen-bond acceptors (Lipinski definition) is 5. The Morgan fingerprint density at radius 3 is 2.44 bits per heavy atom. The molecule has 0 amide bonds. The van der Waals surface area contributed by atoms with Crippen molar-refractivity contribution in [1.29, 1.82) is 0 Å². The van der Waals surface area contributed by atoms with Crippen LogP contribution in [0.25, 0.3) is 11.1 Å². The van der Waals surface area contributed by atoms with Gasteiger partial charge in [-0.05, 0) is 29.2 Å². The van der Waals surface area contributed by atoms with Crippen molar-refractivity contribution in [2.45, 2.75) is 39.0 Å². The van der Waals surface area contributed by atoms with Crippen LogP contribution >= 0.6 is 11.6 Å². The van der Waals surface area contributed by atoms with Crippen LogP contribution in [0, 0.1) is 0 Å². The normalized spacial score (nSPS) is 10.7. The number of benzene rings is 2. The highest BCUT2D eigenvalue weighted by atomic mass is 35.5. The van der Waals surface area contributed by atoms with Gasteiger partial charge in [0.1, 0.15) is 11.0 Å². The van der Waals surface area contributed by atoms with Gasteiger partial charge in [-0.15, -0.1) is 0 Å². The zero-order chi connectivity index (χ0) is 23.1. The molecule has 1 N–H and O–H groups in total. The van der Waals surface area contributed by atoms with Gasteiger partial charge in [-0.1, -0.05) is 67.4 Å². The lowest BCUT2D eigenvalue weighted by atomic mass is 9.97. The molecule has 0 aliphatic rings. The molecule has 1 heterocycles. The molecule has 0 atom stereocenters. The zero-order valence-electron chi connectivity index (χ0n) is 18.1. The molecule has 0 fully saturated rings. The van der Waals surface area contributed by atoms with Gasteiger partial charge in [0.25, 0.3) is 0 Å². The number of rotatable bonds is 9. The molecule has 0 bridgehead atoms. The summed E-state index contributed by atoms with van der Waals surface area (Å²) in [7, 11) is 1.36. The molecule has 0 unspecified atom stereocenters. The number of carboxylic acids is 1. The van der Waals surface area contributed by atoms with Crippen molar-refractivity contribution in [3.05, 3.63) is 81.9 Å². The monoisotopic (exact) mass is 452 g/mol. The molecular weight excluding hydrogens is 428 g/mol. The van der Waals surface area contributed by atoms with Gasteiger partial charge in [0.05, 0.1) is 24.8 Å². The largest absolute Gasteiger partial charge is 0.481 e. The number of esters is 1. The Balaban J connectivity index is 1.92. The maximum absolute atomic E-state index is 12.1. The van der Waals surface area contributed by atoms with E-state index in [-0.39, 0.29) is 11.6 Å². The third kappa shape index (κ3) is 5.71. The highest BCUT2D eigenvalue weighted by molar-refractivity contribution is 6.30. The third-order valence-corrected chi connectivity index (χ3v) is 5.45. The molecule has 3 rings (SSSR count). The summed E-state index contributed by atoms with van der Waals surface area (Å²) >= 11 is 6.33. The second-order valence-corrected chi connectivity index (χ2v) is 7.80. The highest BCUT2D eigenvalue weighted by Crippen LogP contribution is 2.26. The van der Waals surface area contributed by atoms with Crippen LogP contribution in [0.1, 0.15) is 52.8 Å². The zero-order valence-corrected chi connectivity index (χ0v) is 18.9. The smallest absolute Gasteiger partial charge is 0.338 e. The second kappa shape index (κ2) is 10.9. The van der Waals surface area contributed by atoms with Crippen LogP contribution in [0.4, 0.5) is 0 Å². The van der Waals surface area contributed by atoms with Crippen molar-refractivity contribution >= 4 is 23.5 Å². The lowest BCUT2D eigenvalue weighted by molar-refractivity contribution is -0.136. The third-order valence-electron chi connectivity index (χ3n) is 5.14. The summed E-state index contributed by atoms with van der Waals surface area (Å²) < 4.78 is 4.88. The Bertz CT molecular complexity index is 1110. The highest BCUT2D eigenvalue weighted by Gasteiger charge is 2.17. The SMILES string of the molecule is CCCCc1nc(Cl)c(CC(=O)O)c(Cc2ccc(-c3ccccc3C(=O)OC)cc2)n1. The van der Waals surface area contributed by atoms with Gasteiger partial charge < -0.3 is 9.84 Å². The number of aryl methyl sites for hydroxylation is 1. The van der Waals surface area contributed by atoms with Crippen LogP contribution < -0.4 is 0 Å². The van der Waals surface area contributed by atoms with E-state index in [1.165, 1.54) is 7.11 Å². The summed E-state index contributed by atoms with van der Waals surface area (Å²) in [5.41, 5.74) is 4.18. The fourth-order valence-electron chi connectivity index (χ4n) is 3.49. The fraction of sp³-hybridized carbons (Fsp3) is 0.280. The Hall–Kier alpha value is -3.25.